The number of aryl methyl sites for hydroxylation is 1. The van der Waals surface area contributed by atoms with Crippen molar-refractivity contribution in [1.29, 1.82) is 0 Å². The molecule has 0 bridgehead atoms. The largest absolute Gasteiger partial charge is 0.314 e. The molecule has 4 nitrogen and oxygen atoms in total. The summed E-state index contributed by atoms with van der Waals surface area (Å²) in [7, 11) is 0. The smallest absolute Gasteiger partial charge is 0.137 e. The number of rotatable bonds is 7. The Morgan fingerprint density at radius 2 is 2.30 bits per heavy atom. The maximum atomic E-state index is 13.6. The van der Waals surface area contributed by atoms with Crippen LogP contribution >= 0.6 is 15.9 Å². The molecular formula is C14H18BrFN4. The molecule has 2 aromatic rings. The third-order valence-electron chi connectivity index (χ3n) is 3.15. The van der Waals surface area contributed by atoms with Crippen LogP contribution in [0.5, 0.6) is 0 Å². The van der Waals surface area contributed by atoms with Crippen LogP contribution in [0.3, 0.4) is 0 Å². The Kier molecular flexibility index (Phi) is 5.67. The molecule has 1 N–H and O–H groups in total. The van der Waals surface area contributed by atoms with E-state index in [0.717, 1.165) is 29.5 Å². The SMILES string of the molecule is C[C@H](CCn1cncn1)NCCc1cc(Br)ccc1F. The van der Waals surface area contributed by atoms with Crippen molar-refractivity contribution in [3.63, 3.8) is 0 Å². The Bertz CT molecular complexity index is 530. The normalized spacial score (nSPS) is 12.6. The zero-order valence-corrected chi connectivity index (χ0v) is 13.0. The maximum absolute atomic E-state index is 13.6. The van der Waals surface area contributed by atoms with Crippen molar-refractivity contribution in [2.24, 2.45) is 0 Å². The second-order valence-electron chi connectivity index (χ2n) is 4.79. The van der Waals surface area contributed by atoms with Crippen LogP contribution in [-0.4, -0.2) is 27.4 Å². The summed E-state index contributed by atoms with van der Waals surface area (Å²) in [4.78, 5) is 3.91. The summed E-state index contributed by atoms with van der Waals surface area (Å²) in [5.41, 5.74) is 0.732. The zero-order valence-electron chi connectivity index (χ0n) is 11.4. The lowest BCUT2D eigenvalue weighted by Crippen LogP contribution is -2.29. The van der Waals surface area contributed by atoms with E-state index in [0.29, 0.717) is 12.5 Å². The predicted octanol–water partition coefficient (Wildman–Crippen LogP) is 2.79. The van der Waals surface area contributed by atoms with Crippen LogP contribution in [0.15, 0.2) is 35.3 Å². The average molecular weight is 341 g/mol. The van der Waals surface area contributed by atoms with E-state index in [1.807, 2.05) is 10.7 Å². The van der Waals surface area contributed by atoms with E-state index in [9.17, 15) is 4.39 Å². The van der Waals surface area contributed by atoms with Crippen LogP contribution < -0.4 is 5.32 Å². The van der Waals surface area contributed by atoms with Crippen molar-refractivity contribution in [2.45, 2.75) is 32.4 Å². The van der Waals surface area contributed by atoms with Gasteiger partial charge in [-0.2, -0.15) is 5.10 Å². The van der Waals surface area contributed by atoms with Crippen molar-refractivity contribution in [1.82, 2.24) is 20.1 Å². The van der Waals surface area contributed by atoms with Gasteiger partial charge in [-0.1, -0.05) is 15.9 Å². The highest BCUT2D eigenvalue weighted by Gasteiger charge is 2.05. The molecule has 2 rings (SSSR count). The molecule has 0 spiro atoms. The molecule has 1 heterocycles. The van der Waals surface area contributed by atoms with Crippen LogP contribution in [0.4, 0.5) is 4.39 Å². The first-order valence-electron chi connectivity index (χ1n) is 6.65. The van der Waals surface area contributed by atoms with Crippen molar-refractivity contribution in [2.75, 3.05) is 6.54 Å². The molecule has 6 heteroatoms. The van der Waals surface area contributed by atoms with Crippen LogP contribution in [0.25, 0.3) is 0 Å². The molecule has 1 aromatic carbocycles. The van der Waals surface area contributed by atoms with E-state index < -0.39 is 0 Å². The van der Waals surface area contributed by atoms with E-state index in [1.165, 1.54) is 12.4 Å². The molecule has 0 saturated heterocycles. The Balaban J connectivity index is 1.71. The van der Waals surface area contributed by atoms with Gasteiger partial charge in [-0.3, -0.25) is 4.68 Å². The van der Waals surface area contributed by atoms with Crippen LogP contribution in [0.1, 0.15) is 18.9 Å². The monoisotopic (exact) mass is 340 g/mol. The third kappa shape index (κ3) is 4.68. The van der Waals surface area contributed by atoms with Crippen molar-refractivity contribution in [3.05, 3.63) is 46.7 Å². The van der Waals surface area contributed by atoms with E-state index in [4.69, 9.17) is 0 Å². The molecule has 0 radical (unpaired) electrons. The molecule has 1 atom stereocenters. The Hall–Kier alpha value is -1.27. The average Bonchev–Trinajstić information content (AvgIpc) is 2.93. The van der Waals surface area contributed by atoms with Gasteiger partial charge in [0.05, 0.1) is 0 Å². The molecule has 0 unspecified atom stereocenters. The van der Waals surface area contributed by atoms with Gasteiger partial charge >= 0.3 is 0 Å². The molecule has 0 amide bonds. The summed E-state index contributed by atoms with van der Waals surface area (Å²) >= 11 is 3.36. The molecule has 0 fully saturated rings. The highest BCUT2D eigenvalue weighted by atomic mass is 79.9. The summed E-state index contributed by atoms with van der Waals surface area (Å²) in [6.07, 6.45) is 4.89. The molecule has 1 aromatic heterocycles. The van der Waals surface area contributed by atoms with Gasteiger partial charge in [0, 0.05) is 17.1 Å². The van der Waals surface area contributed by atoms with Crippen LogP contribution in [0.2, 0.25) is 0 Å². The summed E-state index contributed by atoms with van der Waals surface area (Å²) in [6, 6.07) is 5.40. The minimum Gasteiger partial charge on any atom is -0.314 e. The maximum Gasteiger partial charge on any atom is 0.137 e. The first-order valence-corrected chi connectivity index (χ1v) is 7.44. The standard InChI is InChI=1S/C14H18BrFN4/c1-11(5-7-20-10-17-9-19-20)18-6-4-12-8-13(15)2-3-14(12)16/h2-3,8-11,18H,4-7H2,1H3/t11-/m1/s1. The van der Waals surface area contributed by atoms with Crippen molar-refractivity contribution < 1.29 is 4.39 Å². The Labute approximate surface area is 126 Å². The van der Waals surface area contributed by atoms with Gasteiger partial charge in [0.15, 0.2) is 0 Å². The first kappa shape index (κ1) is 15.1. The van der Waals surface area contributed by atoms with Crippen molar-refractivity contribution in [3.8, 4) is 0 Å². The van der Waals surface area contributed by atoms with Crippen molar-refractivity contribution >= 4 is 15.9 Å². The molecule has 0 saturated carbocycles. The Morgan fingerprint density at radius 3 is 3.05 bits per heavy atom. The molecule has 0 aliphatic rings. The minimum absolute atomic E-state index is 0.148. The van der Waals surface area contributed by atoms with Gasteiger partial charge in [0.25, 0.3) is 0 Å². The lowest BCUT2D eigenvalue weighted by Gasteiger charge is -2.13. The predicted molar refractivity (Wildman–Crippen MR) is 79.9 cm³/mol. The minimum atomic E-state index is -0.148. The number of nitrogens with zero attached hydrogens (tertiary/aromatic N) is 3. The number of hydrogen-bond donors (Lipinski definition) is 1. The van der Waals surface area contributed by atoms with Gasteiger partial charge in [-0.25, -0.2) is 9.37 Å². The van der Waals surface area contributed by atoms with E-state index in [2.05, 4.69) is 38.3 Å². The molecule has 108 valence electrons. The van der Waals surface area contributed by atoms with Crippen LogP contribution in [0, 0.1) is 5.82 Å². The van der Waals surface area contributed by atoms with E-state index in [-0.39, 0.29) is 5.82 Å². The van der Waals surface area contributed by atoms with Gasteiger partial charge in [0.2, 0.25) is 0 Å². The van der Waals surface area contributed by atoms with Gasteiger partial charge in [-0.05, 0) is 50.1 Å². The van der Waals surface area contributed by atoms with Gasteiger partial charge in [0.1, 0.15) is 18.5 Å². The third-order valence-corrected chi connectivity index (χ3v) is 3.65. The summed E-state index contributed by atoms with van der Waals surface area (Å²) < 4.78 is 16.3. The lowest BCUT2D eigenvalue weighted by molar-refractivity contribution is 0.458. The van der Waals surface area contributed by atoms with Crippen LogP contribution in [-0.2, 0) is 13.0 Å². The molecule has 0 aliphatic heterocycles. The quantitative estimate of drug-likeness (QED) is 0.842. The number of nitrogens with one attached hydrogen (secondary N) is 1. The Morgan fingerprint density at radius 1 is 1.45 bits per heavy atom. The fourth-order valence-electron chi connectivity index (χ4n) is 1.96. The molecular weight excluding hydrogens is 323 g/mol. The fraction of sp³-hybridized carbons (Fsp3) is 0.429. The summed E-state index contributed by atoms with van der Waals surface area (Å²) in [6.45, 7) is 3.71. The zero-order chi connectivity index (χ0) is 14.4. The van der Waals surface area contributed by atoms with Gasteiger partial charge < -0.3 is 5.32 Å². The number of benzene rings is 1. The first-order chi connectivity index (χ1) is 9.65. The highest BCUT2D eigenvalue weighted by molar-refractivity contribution is 9.10. The number of halogens is 2. The summed E-state index contributed by atoms with van der Waals surface area (Å²) in [5.74, 6) is -0.148. The lowest BCUT2D eigenvalue weighted by atomic mass is 10.1. The number of hydrogen-bond acceptors (Lipinski definition) is 3. The van der Waals surface area contributed by atoms with E-state index in [1.54, 1.807) is 12.4 Å². The summed E-state index contributed by atoms with van der Waals surface area (Å²) in [5, 5.41) is 7.46. The fourth-order valence-corrected chi connectivity index (χ4v) is 2.37. The molecule has 0 aliphatic carbocycles. The molecule has 20 heavy (non-hydrogen) atoms. The van der Waals surface area contributed by atoms with E-state index >= 15 is 0 Å². The topological polar surface area (TPSA) is 42.7 Å². The second-order valence-corrected chi connectivity index (χ2v) is 5.70. The highest BCUT2D eigenvalue weighted by Crippen LogP contribution is 2.15. The van der Waals surface area contributed by atoms with Gasteiger partial charge in [-0.15, -0.1) is 0 Å². The number of aromatic nitrogens is 3. The second kappa shape index (κ2) is 7.50.